The van der Waals surface area contributed by atoms with E-state index in [9.17, 15) is 9.90 Å². The summed E-state index contributed by atoms with van der Waals surface area (Å²) in [5, 5.41) is 12.9. The minimum absolute atomic E-state index is 0.211. The number of piperidine rings is 1. The van der Waals surface area contributed by atoms with Gasteiger partial charge in [-0.2, -0.15) is 0 Å². The fourth-order valence-electron chi connectivity index (χ4n) is 3.43. The first-order chi connectivity index (χ1) is 9.06. The minimum atomic E-state index is -0.641. The summed E-state index contributed by atoms with van der Waals surface area (Å²) in [4.78, 5) is 13.6. The third-order valence-corrected chi connectivity index (χ3v) is 4.73. The number of rotatable bonds is 5. The molecule has 1 saturated heterocycles. The van der Waals surface area contributed by atoms with Crippen molar-refractivity contribution in [2.45, 2.75) is 58.0 Å². The van der Waals surface area contributed by atoms with Gasteiger partial charge in [-0.05, 0) is 45.6 Å². The van der Waals surface area contributed by atoms with E-state index in [1.165, 1.54) is 25.7 Å². The van der Waals surface area contributed by atoms with Gasteiger partial charge in [-0.1, -0.05) is 12.8 Å². The van der Waals surface area contributed by atoms with Gasteiger partial charge in [-0.15, -0.1) is 0 Å². The van der Waals surface area contributed by atoms with Crippen LogP contribution in [-0.4, -0.2) is 47.7 Å². The molecule has 2 unspecified atom stereocenters. The second-order valence-corrected chi connectivity index (χ2v) is 6.57. The largest absolute Gasteiger partial charge is 0.481 e. The molecule has 0 aromatic carbocycles. The van der Waals surface area contributed by atoms with Crippen molar-refractivity contribution in [1.82, 2.24) is 10.2 Å². The molecule has 2 aliphatic rings. The van der Waals surface area contributed by atoms with E-state index in [0.717, 1.165) is 25.4 Å². The van der Waals surface area contributed by atoms with Gasteiger partial charge in [0.25, 0.3) is 0 Å². The molecule has 2 N–H and O–H groups in total. The molecule has 1 aliphatic carbocycles. The van der Waals surface area contributed by atoms with Gasteiger partial charge in [-0.3, -0.25) is 9.69 Å². The van der Waals surface area contributed by atoms with Gasteiger partial charge in [0.2, 0.25) is 0 Å². The number of carboxylic acid groups (broad SMARTS) is 1. The first-order valence-electron chi connectivity index (χ1n) is 7.76. The lowest BCUT2D eigenvalue weighted by molar-refractivity contribution is -0.144. The van der Waals surface area contributed by atoms with Gasteiger partial charge in [0.15, 0.2) is 0 Å². The molecule has 110 valence electrons. The van der Waals surface area contributed by atoms with Crippen molar-refractivity contribution < 1.29 is 9.90 Å². The minimum Gasteiger partial charge on any atom is -0.481 e. The fraction of sp³-hybridized carbons (Fsp3) is 0.933. The first-order valence-corrected chi connectivity index (χ1v) is 7.76. The van der Waals surface area contributed by atoms with Crippen molar-refractivity contribution in [3.8, 4) is 0 Å². The van der Waals surface area contributed by atoms with Crippen molar-refractivity contribution in [3.63, 3.8) is 0 Å². The summed E-state index contributed by atoms with van der Waals surface area (Å²) >= 11 is 0. The van der Waals surface area contributed by atoms with Crippen LogP contribution in [0.1, 0.15) is 46.0 Å². The van der Waals surface area contributed by atoms with Crippen LogP contribution in [0.2, 0.25) is 0 Å². The number of aliphatic carboxylic acids is 1. The average Bonchev–Trinajstić information content (AvgIpc) is 2.89. The zero-order chi connectivity index (χ0) is 13.8. The maximum atomic E-state index is 11.3. The highest BCUT2D eigenvalue weighted by Gasteiger charge is 2.32. The third-order valence-electron chi connectivity index (χ3n) is 4.73. The van der Waals surface area contributed by atoms with Crippen LogP contribution in [-0.2, 0) is 4.79 Å². The predicted octanol–water partition coefficient (Wildman–Crippen LogP) is 1.95. The molecule has 0 aromatic rings. The third kappa shape index (κ3) is 4.18. The topological polar surface area (TPSA) is 52.6 Å². The van der Waals surface area contributed by atoms with Crippen LogP contribution < -0.4 is 5.32 Å². The summed E-state index contributed by atoms with van der Waals surface area (Å²) in [6.07, 6.45) is 6.21. The Morgan fingerprint density at radius 1 is 1.32 bits per heavy atom. The van der Waals surface area contributed by atoms with Crippen LogP contribution in [0.25, 0.3) is 0 Å². The molecule has 1 heterocycles. The number of carboxylic acids is 1. The Labute approximate surface area is 116 Å². The summed E-state index contributed by atoms with van der Waals surface area (Å²) < 4.78 is 0. The number of carbonyl (C=O) groups is 1. The van der Waals surface area contributed by atoms with E-state index < -0.39 is 5.97 Å². The molecule has 0 radical (unpaired) electrons. The molecule has 1 saturated carbocycles. The van der Waals surface area contributed by atoms with Crippen LogP contribution in [0.3, 0.4) is 0 Å². The van der Waals surface area contributed by atoms with Crippen LogP contribution in [0.5, 0.6) is 0 Å². The van der Waals surface area contributed by atoms with Gasteiger partial charge in [-0.25, -0.2) is 0 Å². The lowest BCUT2D eigenvalue weighted by Gasteiger charge is -2.39. The Hall–Kier alpha value is -0.610. The Kier molecular flexibility index (Phi) is 5.22. The van der Waals surface area contributed by atoms with Gasteiger partial charge >= 0.3 is 5.97 Å². The lowest BCUT2D eigenvalue weighted by atomic mass is 9.93. The van der Waals surface area contributed by atoms with Gasteiger partial charge in [0.1, 0.15) is 0 Å². The van der Waals surface area contributed by atoms with Gasteiger partial charge in [0.05, 0.1) is 5.92 Å². The first kappa shape index (κ1) is 14.8. The Balaban J connectivity index is 1.85. The standard InChI is InChI=1S/C15H28N2O2/c1-11(2)17-9-13(15(18)19)7-14(10-17)16-8-12-5-3-4-6-12/h11-14,16H,3-10H2,1-2H3,(H,18,19). The van der Waals surface area contributed by atoms with Crippen molar-refractivity contribution in [2.24, 2.45) is 11.8 Å². The average molecular weight is 268 g/mol. The van der Waals surface area contributed by atoms with Crippen molar-refractivity contribution in [2.75, 3.05) is 19.6 Å². The molecule has 4 heteroatoms. The maximum absolute atomic E-state index is 11.3. The van der Waals surface area contributed by atoms with E-state index in [1.54, 1.807) is 0 Å². The smallest absolute Gasteiger partial charge is 0.307 e. The number of hydrogen-bond acceptors (Lipinski definition) is 3. The van der Waals surface area contributed by atoms with E-state index in [4.69, 9.17) is 0 Å². The number of nitrogens with zero attached hydrogens (tertiary/aromatic N) is 1. The number of hydrogen-bond donors (Lipinski definition) is 2. The number of likely N-dealkylation sites (tertiary alicyclic amines) is 1. The molecule has 2 rings (SSSR count). The Morgan fingerprint density at radius 3 is 2.58 bits per heavy atom. The molecule has 4 nitrogen and oxygen atoms in total. The molecular weight excluding hydrogens is 240 g/mol. The van der Waals surface area contributed by atoms with E-state index >= 15 is 0 Å². The summed E-state index contributed by atoms with van der Waals surface area (Å²) in [7, 11) is 0. The highest BCUT2D eigenvalue weighted by atomic mass is 16.4. The normalized spacial score (nSPS) is 30.1. The van der Waals surface area contributed by atoms with Crippen LogP contribution in [0.15, 0.2) is 0 Å². The maximum Gasteiger partial charge on any atom is 0.307 e. The van der Waals surface area contributed by atoms with Gasteiger partial charge in [0, 0.05) is 25.2 Å². The highest BCUT2D eigenvalue weighted by Crippen LogP contribution is 2.25. The van der Waals surface area contributed by atoms with Crippen LogP contribution in [0, 0.1) is 11.8 Å². The summed E-state index contributed by atoms with van der Waals surface area (Å²) in [5.74, 6) is -0.0343. The van der Waals surface area contributed by atoms with E-state index in [2.05, 4.69) is 24.1 Å². The van der Waals surface area contributed by atoms with Crippen molar-refractivity contribution >= 4 is 5.97 Å². The van der Waals surface area contributed by atoms with Crippen molar-refractivity contribution in [3.05, 3.63) is 0 Å². The molecule has 0 spiro atoms. The van der Waals surface area contributed by atoms with Crippen LogP contribution >= 0.6 is 0 Å². The van der Waals surface area contributed by atoms with Crippen molar-refractivity contribution in [1.29, 1.82) is 0 Å². The predicted molar refractivity (Wildman–Crippen MR) is 76.2 cm³/mol. The molecule has 0 aromatic heterocycles. The monoisotopic (exact) mass is 268 g/mol. The number of nitrogens with one attached hydrogen (secondary N) is 1. The van der Waals surface area contributed by atoms with E-state index in [0.29, 0.717) is 18.6 Å². The SMILES string of the molecule is CC(C)N1CC(NCC2CCCC2)CC(C(=O)O)C1. The fourth-order valence-corrected chi connectivity index (χ4v) is 3.43. The lowest BCUT2D eigenvalue weighted by Crippen LogP contribution is -2.53. The van der Waals surface area contributed by atoms with Gasteiger partial charge < -0.3 is 10.4 Å². The van der Waals surface area contributed by atoms with E-state index in [-0.39, 0.29) is 5.92 Å². The molecule has 0 bridgehead atoms. The molecule has 2 fully saturated rings. The molecular formula is C15H28N2O2. The summed E-state index contributed by atoms with van der Waals surface area (Å²) in [6, 6.07) is 0.774. The Morgan fingerprint density at radius 2 is 2.00 bits per heavy atom. The zero-order valence-electron chi connectivity index (χ0n) is 12.3. The summed E-state index contributed by atoms with van der Waals surface area (Å²) in [5.41, 5.74) is 0. The second kappa shape index (κ2) is 6.71. The second-order valence-electron chi connectivity index (χ2n) is 6.57. The highest BCUT2D eigenvalue weighted by molar-refractivity contribution is 5.70. The molecule has 1 aliphatic heterocycles. The Bertz CT molecular complexity index is 301. The molecule has 2 atom stereocenters. The zero-order valence-corrected chi connectivity index (χ0v) is 12.3. The summed E-state index contributed by atoms with van der Waals surface area (Å²) in [6.45, 7) is 7.07. The quantitative estimate of drug-likeness (QED) is 0.800. The van der Waals surface area contributed by atoms with E-state index in [1.807, 2.05) is 0 Å². The molecule has 0 amide bonds. The van der Waals surface area contributed by atoms with Crippen LogP contribution in [0.4, 0.5) is 0 Å². The molecule has 19 heavy (non-hydrogen) atoms.